The molecule has 0 bridgehead atoms. The van der Waals surface area contributed by atoms with E-state index in [0.717, 1.165) is 38.1 Å². The number of anilines is 3. The molecule has 0 radical (unpaired) electrons. The largest absolute Gasteiger partial charge is 0.416 e. The summed E-state index contributed by atoms with van der Waals surface area (Å²) in [6.45, 7) is 3.06. The van der Waals surface area contributed by atoms with Crippen molar-refractivity contribution in [3.05, 3.63) is 35.6 Å². The highest BCUT2D eigenvalue weighted by atomic mass is 19.4. The first-order valence-electron chi connectivity index (χ1n) is 8.26. The van der Waals surface area contributed by atoms with E-state index in [1.165, 1.54) is 6.07 Å². The molecule has 26 heavy (non-hydrogen) atoms. The van der Waals surface area contributed by atoms with Gasteiger partial charge >= 0.3 is 6.18 Å². The number of aromatic nitrogens is 1. The second-order valence-electron chi connectivity index (χ2n) is 6.15. The Labute approximate surface area is 148 Å². The highest BCUT2D eigenvalue weighted by molar-refractivity contribution is 5.93. The number of aryl methyl sites for hydroxylation is 1. The van der Waals surface area contributed by atoms with Crippen LogP contribution in [0.3, 0.4) is 0 Å². The van der Waals surface area contributed by atoms with Gasteiger partial charge in [-0.05, 0) is 38.0 Å². The lowest BCUT2D eigenvalue weighted by atomic mass is 10.1. The molecule has 1 saturated heterocycles. The molecule has 1 aliphatic rings. The van der Waals surface area contributed by atoms with Crippen molar-refractivity contribution in [2.45, 2.75) is 25.9 Å². The van der Waals surface area contributed by atoms with Crippen LogP contribution < -0.4 is 15.5 Å². The summed E-state index contributed by atoms with van der Waals surface area (Å²) >= 11 is 0. The third-order valence-corrected chi connectivity index (χ3v) is 4.11. The Hall–Kier alpha value is -2.71. The number of rotatable bonds is 5. The second kappa shape index (κ2) is 7.27. The molecule has 2 aromatic rings. The van der Waals surface area contributed by atoms with Gasteiger partial charge in [-0.15, -0.1) is 0 Å². The van der Waals surface area contributed by atoms with Gasteiger partial charge in [0.25, 0.3) is 0 Å². The van der Waals surface area contributed by atoms with E-state index in [1.54, 1.807) is 13.0 Å². The molecule has 3 rings (SSSR count). The zero-order valence-electron chi connectivity index (χ0n) is 14.2. The fourth-order valence-electron chi connectivity index (χ4n) is 2.88. The van der Waals surface area contributed by atoms with Crippen LogP contribution in [0.1, 0.15) is 24.2 Å². The molecule has 9 heteroatoms. The molecule has 140 valence electrons. The number of alkyl halides is 3. The first-order valence-corrected chi connectivity index (χ1v) is 8.26. The fourth-order valence-corrected chi connectivity index (χ4v) is 2.88. The topological polar surface area (TPSA) is 70.4 Å². The van der Waals surface area contributed by atoms with Gasteiger partial charge in [-0.25, -0.2) is 0 Å². The second-order valence-corrected chi connectivity index (χ2v) is 6.15. The van der Waals surface area contributed by atoms with Gasteiger partial charge in [0, 0.05) is 19.2 Å². The Kier molecular flexibility index (Phi) is 5.06. The van der Waals surface area contributed by atoms with Gasteiger partial charge in [0.2, 0.25) is 5.91 Å². The number of hydrogen-bond acceptors (Lipinski definition) is 5. The monoisotopic (exact) mass is 368 g/mol. The molecular weight excluding hydrogens is 349 g/mol. The van der Waals surface area contributed by atoms with E-state index < -0.39 is 17.6 Å². The van der Waals surface area contributed by atoms with Gasteiger partial charge in [-0.3, -0.25) is 4.79 Å². The van der Waals surface area contributed by atoms with Gasteiger partial charge in [0.1, 0.15) is 5.76 Å². The molecule has 1 aromatic heterocycles. The van der Waals surface area contributed by atoms with Gasteiger partial charge in [-0.2, -0.15) is 13.2 Å². The molecule has 2 N–H and O–H groups in total. The number of hydrogen-bond donors (Lipinski definition) is 2. The molecule has 0 aliphatic carbocycles. The van der Waals surface area contributed by atoms with E-state index >= 15 is 0 Å². The molecular formula is C17H19F3N4O2. The number of nitrogens with one attached hydrogen (secondary N) is 2. The number of carbonyl (C=O) groups excluding carboxylic acids is 1. The van der Waals surface area contributed by atoms with E-state index in [4.69, 9.17) is 4.52 Å². The molecule has 0 saturated carbocycles. The Morgan fingerprint density at radius 3 is 2.62 bits per heavy atom. The summed E-state index contributed by atoms with van der Waals surface area (Å²) in [4.78, 5) is 14.0. The number of nitrogens with zero attached hydrogens (tertiary/aromatic N) is 2. The minimum atomic E-state index is -4.44. The van der Waals surface area contributed by atoms with Crippen molar-refractivity contribution in [3.63, 3.8) is 0 Å². The van der Waals surface area contributed by atoms with Crippen LogP contribution in [0.25, 0.3) is 0 Å². The Morgan fingerprint density at radius 1 is 1.27 bits per heavy atom. The summed E-state index contributed by atoms with van der Waals surface area (Å²) in [6, 6.07) is 5.12. The standard InChI is InChI=1S/C17H19F3N4O2/c1-11-8-15(23-26-11)22-16(25)10-21-13-9-12(17(18,19)20)4-5-14(13)24-6-2-3-7-24/h4-5,8-9,21H,2-3,6-7,10H2,1H3,(H,22,23,25). The van der Waals surface area contributed by atoms with Crippen LogP contribution in [-0.4, -0.2) is 30.7 Å². The van der Waals surface area contributed by atoms with Crippen molar-refractivity contribution >= 4 is 23.1 Å². The SMILES string of the molecule is Cc1cc(NC(=O)CNc2cc(C(F)(F)F)ccc2N2CCCC2)no1. The molecule has 1 amide bonds. The van der Waals surface area contributed by atoms with Crippen LogP contribution in [0, 0.1) is 6.92 Å². The Bertz CT molecular complexity index is 783. The maximum absolute atomic E-state index is 13.0. The van der Waals surface area contributed by atoms with Crippen LogP contribution in [0.5, 0.6) is 0 Å². The lowest BCUT2D eigenvalue weighted by Crippen LogP contribution is -2.24. The van der Waals surface area contributed by atoms with Gasteiger partial charge in [0.05, 0.1) is 23.5 Å². The molecule has 0 unspecified atom stereocenters. The summed E-state index contributed by atoms with van der Waals surface area (Å²) in [7, 11) is 0. The van der Waals surface area contributed by atoms with Crippen LogP contribution in [0.4, 0.5) is 30.4 Å². The van der Waals surface area contributed by atoms with Crippen molar-refractivity contribution in [1.82, 2.24) is 5.16 Å². The van der Waals surface area contributed by atoms with Gasteiger partial charge in [0.15, 0.2) is 5.82 Å². The molecule has 2 heterocycles. The Morgan fingerprint density at radius 2 is 2.00 bits per heavy atom. The lowest BCUT2D eigenvalue weighted by Gasteiger charge is -2.23. The Balaban J connectivity index is 1.74. The van der Waals surface area contributed by atoms with Crippen LogP contribution in [0.15, 0.2) is 28.8 Å². The first-order chi connectivity index (χ1) is 12.3. The maximum Gasteiger partial charge on any atom is 0.416 e. The van der Waals surface area contributed by atoms with Crippen molar-refractivity contribution in [1.29, 1.82) is 0 Å². The van der Waals surface area contributed by atoms with Crippen molar-refractivity contribution in [2.24, 2.45) is 0 Å². The van der Waals surface area contributed by atoms with E-state index in [1.807, 2.05) is 4.90 Å². The summed E-state index contributed by atoms with van der Waals surface area (Å²) in [5, 5.41) is 8.99. The van der Waals surface area contributed by atoms with Crippen LogP contribution in [-0.2, 0) is 11.0 Å². The highest BCUT2D eigenvalue weighted by Gasteiger charge is 2.31. The fraction of sp³-hybridized carbons (Fsp3) is 0.412. The zero-order chi connectivity index (χ0) is 18.7. The summed E-state index contributed by atoms with van der Waals surface area (Å²) in [6.07, 6.45) is -2.46. The van der Waals surface area contributed by atoms with Crippen LogP contribution >= 0.6 is 0 Å². The minimum absolute atomic E-state index is 0.186. The van der Waals surface area contributed by atoms with Gasteiger partial charge < -0.3 is 20.1 Å². The molecule has 0 spiro atoms. The van der Waals surface area contributed by atoms with Gasteiger partial charge in [-0.1, -0.05) is 5.16 Å². The number of benzene rings is 1. The molecule has 1 aliphatic heterocycles. The predicted octanol–water partition coefficient (Wildman–Crippen LogP) is 3.65. The molecule has 0 atom stereocenters. The average molecular weight is 368 g/mol. The predicted molar refractivity (Wildman–Crippen MR) is 91.3 cm³/mol. The number of halogens is 3. The van der Waals surface area contributed by atoms with E-state index in [2.05, 4.69) is 15.8 Å². The minimum Gasteiger partial charge on any atom is -0.374 e. The summed E-state index contributed by atoms with van der Waals surface area (Å²) in [5.74, 6) is 0.378. The number of carbonyl (C=O) groups is 1. The lowest BCUT2D eigenvalue weighted by molar-refractivity contribution is -0.137. The smallest absolute Gasteiger partial charge is 0.374 e. The van der Waals surface area contributed by atoms with Crippen molar-refractivity contribution < 1.29 is 22.5 Å². The normalized spacial score (nSPS) is 14.5. The van der Waals surface area contributed by atoms with E-state index in [-0.39, 0.29) is 18.1 Å². The summed E-state index contributed by atoms with van der Waals surface area (Å²) < 4.78 is 43.9. The van der Waals surface area contributed by atoms with Crippen molar-refractivity contribution in [2.75, 3.05) is 35.2 Å². The highest BCUT2D eigenvalue weighted by Crippen LogP contribution is 2.36. The summed E-state index contributed by atoms with van der Waals surface area (Å²) in [5.41, 5.74) is 0.198. The van der Waals surface area contributed by atoms with E-state index in [0.29, 0.717) is 11.4 Å². The quantitative estimate of drug-likeness (QED) is 0.843. The third kappa shape index (κ3) is 4.27. The molecule has 1 aromatic carbocycles. The third-order valence-electron chi connectivity index (χ3n) is 4.11. The first kappa shape index (κ1) is 18.1. The molecule has 1 fully saturated rings. The average Bonchev–Trinajstić information content (AvgIpc) is 3.24. The maximum atomic E-state index is 13.0. The molecule has 6 nitrogen and oxygen atoms in total. The number of amides is 1. The van der Waals surface area contributed by atoms with E-state index in [9.17, 15) is 18.0 Å². The van der Waals surface area contributed by atoms with Crippen LogP contribution in [0.2, 0.25) is 0 Å². The zero-order valence-corrected chi connectivity index (χ0v) is 14.2. The van der Waals surface area contributed by atoms with Crippen molar-refractivity contribution in [3.8, 4) is 0 Å².